The van der Waals surface area contributed by atoms with Gasteiger partial charge in [-0.05, 0) is 18.0 Å². The van der Waals surface area contributed by atoms with Gasteiger partial charge in [-0.2, -0.15) is 4.98 Å². The topological polar surface area (TPSA) is 58.6 Å². The first-order valence-corrected chi connectivity index (χ1v) is 6.55. The van der Waals surface area contributed by atoms with Gasteiger partial charge in [0.15, 0.2) is 5.82 Å². The Labute approximate surface area is 117 Å². The molecule has 0 radical (unpaired) electrons. The first kappa shape index (κ1) is 14.0. The molecule has 0 fully saturated rings. The van der Waals surface area contributed by atoms with Crippen LogP contribution >= 0.6 is 11.6 Å². The lowest BCUT2D eigenvalue weighted by molar-refractivity contribution is -0.118. The second-order valence-electron chi connectivity index (χ2n) is 4.44. The quantitative estimate of drug-likeness (QED) is 0.673. The summed E-state index contributed by atoms with van der Waals surface area (Å²) in [6.45, 7) is 1.87. The fourth-order valence-electron chi connectivity index (χ4n) is 1.90. The minimum atomic E-state index is 0.0195. The van der Waals surface area contributed by atoms with Crippen LogP contribution < -0.4 is 9.80 Å². The van der Waals surface area contributed by atoms with Crippen LogP contribution in [0.3, 0.4) is 0 Å². The van der Waals surface area contributed by atoms with Gasteiger partial charge in [0.05, 0.1) is 12.8 Å². The SMILES string of the molecule is CN1CCOCCCC(=O)N(C)c2cnc(Cl)nc21. The number of amides is 1. The Hall–Kier alpha value is -1.40. The zero-order valence-electron chi connectivity index (χ0n) is 11.1. The lowest BCUT2D eigenvalue weighted by atomic mass is 10.3. The van der Waals surface area contributed by atoms with Crippen molar-refractivity contribution in [3.63, 3.8) is 0 Å². The summed E-state index contributed by atoms with van der Waals surface area (Å²) in [4.78, 5) is 23.7. The minimum absolute atomic E-state index is 0.0195. The maximum Gasteiger partial charge on any atom is 0.226 e. The van der Waals surface area contributed by atoms with E-state index >= 15 is 0 Å². The van der Waals surface area contributed by atoms with Crippen LogP contribution in [0, 0.1) is 0 Å². The Kier molecular flexibility index (Phi) is 4.55. The molecule has 0 aliphatic carbocycles. The number of rotatable bonds is 0. The molecular formula is C12H17ClN4O2. The highest BCUT2D eigenvalue weighted by Gasteiger charge is 2.19. The molecule has 0 spiro atoms. The van der Waals surface area contributed by atoms with Crippen LogP contribution in [0.25, 0.3) is 0 Å². The van der Waals surface area contributed by atoms with Crippen LogP contribution in [-0.4, -0.2) is 49.7 Å². The molecule has 1 aliphatic rings. The zero-order valence-corrected chi connectivity index (χ0v) is 11.9. The first-order valence-electron chi connectivity index (χ1n) is 6.17. The van der Waals surface area contributed by atoms with Crippen molar-refractivity contribution in [2.45, 2.75) is 12.8 Å². The molecule has 0 N–H and O–H groups in total. The molecule has 1 amide bonds. The highest BCUT2D eigenvalue weighted by molar-refractivity contribution is 6.28. The van der Waals surface area contributed by atoms with Crippen LogP contribution in [0.1, 0.15) is 12.8 Å². The number of aromatic nitrogens is 2. The van der Waals surface area contributed by atoms with Gasteiger partial charge in [0.25, 0.3) is 0 Å². The molecule has 0 atom stereocenters. The molecule has 1 aromatic heterocycles. The Morgan fingerprint density at radius 3 is 2.95 bits per heavy atom. The summed E-state index contributed by atoms with van der Waals surface area (Å²) in [6.07, 6.45) is 2.75. The van der Waals surface area contributed by atoms with Gasteiger partial charge < -0.3 is 14.5 Å². The number of hydrogen-bond donors (Lipinski definition) is 0. The number of ether oxygens (including phenoxy) is 1. The largest absolute Gasteiger partial charge is 0.380 e. The number of fused-ring (bicyclic) bond motifs is 1. The summed E-state index contributed by atoms with van der Waals surface area (Å²) in [5.74, 6) is 0.660. The summed E-state index contributed by atoms with van der Waals surface area (Å²) in [5.41, 5.74) is 0.666. The van der Waals surface area contributed by atoms with E-state index in [-0.39, 0.29) is 11.2 Å². The summed E-state index contributed by atoms with van der Waals surface area (Å²) in [6, 6.07) is 0. The molecule has 7 heteroatoms. The lowest BCUT2D eigenvalue weighted by Crippen LogP contribution is -2.30. The molecule has 0 bridgehead atoms. The fraction of sp³-hybridized carbons (Fsp3) is 0.583. The van der Waals surface area contributed by atoms with Crippen molar-refractivity contribution in [2.75, 3.05) is 43.7 Å². The predicted octanol–water partition coefficient (Wildman–Crippen LogP) is 1.34. The number of halogens is 1. The third kappa shape index (κ3) is 3.33. The molecule has 0 aromatic carbocycles. The second-order valence-corrected chi connectivity index (χ2v) is 4.78. The zero-order chi connectivity index (χ0) is 13.8. The third-order valence-electron chi connectivity index (χ3n) is 3.07. The number of anilines is 2. The molecular weight excluding hydrogens is 268 g/mol. The normalized spacial score (nSPS) is 17.9. The Balaban J connectivity index is 2.38. The molecule has 2 rings (SSSR count). The molecule has 19 heavy (non-hydrogen) atoms. The van der Waals surface area contributed by atoms with Crippen LogP contribution in [0.4, 0.5) is 11.5 Å². The van der Waals surface area contributed by atoms with Gasteiger partial charge in [0, 0.05) is 33.7 Å². The van der Waals surface area contributed by atoms with E-state index in [1.807, 2.05) is 11.9 Å². The summed E-state index contributed by atoms with van der Waals surface area (Å²) in [5, 5.41) is 0.169. The number of nitrogens with zero attached hydrogens (tertiary/aromatic N) is 4. The second kappa shape index (κ2) is 6.16. The van der Waals surface area contributed by atoms with Crippen LogP contribution in [-0.2, 0) is 9.53 Å². The van der Waals surface area contributed by atoms with E-state index in [0.717, 1.165) is 6.42 Å². The molecule has 1 aliphatic heterocycles. The smallest absolute Gasteiger partial charge is 0.226 e. The Bertz CT molecular complexity index is 469. The van der Waals surface area contributed by atoms with E-state index in [4.69, 9.17) is 16.3 Å². The van der Waals surface area contributed by atoms with E-state index in [0.29, 0.717) is 37.7 Å². The molecule has 1 aromatic rings. The molecule has 0 saturated carbocycles. The Morgan fingerprint density at radius 2 is 2.16 bits per heavy atom. The van der Waals surface area contributed by atoms with Crippen molar-refractivity contribution in [2.24, 2.45) is 0 Å². The summed E-state index contributed by atoms with van der Waals surface area (Å²) >= 11 is 5.84. The molecule has 0 unspecified atom stereocenters. The molecule has 0 saturated heterocycles. The Morgan fingerprint density at radius 1 is 1.37 bits per heavy atom. The average Bonchev–Trinajstić information content (AvgIpc) is 2.42. The lowest BCUT2D eigenvalue weighted by Gasteiger charge is -2.24. The predicted molar refractivity (Wildman–Crippen MR) is 73.8 cm³/mol. The van der Waals surface area contributed by atoms with Crippen molar-refractivity contribution in [1.29, 1.82) is 0 Å². The van der Waals surface area contributed by atoms with Gasteiger partial charge in [-0.25, -0.2) is 4.98 Å². The van der Waals surface area contributed by atoms with E-state index in [1.165, 1.54) is 0 Å². The molecule has 6 nitrogen and oxygen atoms in total. The van der Waals surface area contributed by atoms with Crippen molar-refractivity contribution in [3.05, 3.63) is 11.5 Å². The maximum absolute atomic E-state index is 12.1. The fourth-order valence-corrected chi connectivity index (χ4v) is 2.03. The highest BCUT2D eigenvalue weighted by Crippen LogP contribution is 2.27. The van der Waals surface area contributed by atoms with E-state index in [9.17, 15) is 4.79 Å². The van der Waals surface area contributed by atoms with Crippen LogP contribution in [0.15, 0.2) is 6.20 Å². The van der Waals surface area contributed by atoms with Gasteiger partial charge in [-0.3, -0.25) is 4.79 Å². The van der Waals surface area contributed by atoms with Crippen LogP contribution in [0.2, 0.25) is 5.28 Å². The minimum Gasteiger partial charge on any atom is -0.380 e. The van der Waals surface area contributed by atoms with E-state index in [1.54, 1.807) is 18.1 Å². The average molecular weight is 285 g/mol. The van der Waals surface area contributed by atoms with Gasteiger partial charge in [-0.1, -0.05) is 0 Å². The van der Waals surface area contributed by atoms with Crippen molar-refractivity contribution >= 4 is 29.0 Å². The van der Waals surface area contributed by atoms with Crippen molar-refractivity contribution in [1.82, 2.24) is 9.97 Å². The number of carbonyl (C=O) groups is 1. The standard InChI is InChI=1S/C12H17ClN4O2/c1-16-5-7-19-6-3-4-10(18)17(2)9-8-14-12(13)15-11(9)16/h8H,3-7H2,1-2H3. The van der Waals surface area contributed by atoms with Crippen molar-refractivity contribution < 1.29 is 9.53 Å². The molecule has 2 heterocycles. The van der Waals surface area contributed by atoms with E-state index < -0.39 is 0 Å². The molecule has 104 valence electrons. The van der Waals surface area contributed by atoms with Gasteiger partial charge in [0.2, 0.25) is 11.2 Å². The van der Waals surface area contributed by atoms with Gasteiger partial charge in [0.1, 0.15) is 5.69 Å². The first-order chi connectivity index (χ1) is 9.09. The summed E-state index contributed by atoms with van der Waals surface area (Å²) in [7, 11) is 3.62. The highest BCUT2D eigenvalue weighted by atomic mass is 35.5. The number of carbonyl (C=O) groups excluding carboxylic acids is 1. The summed E-state index contributed by atoms with van der Waals surface area (Å²) < 4.78 is 5.48. The van der Waals surface area contributed by atoms with Gasteiger partial charge in [-0.15, -0.1) is 0 Å². The maximum atomic E-state index is 12.1. The van der Waals surface area contributed by atoms with Gasteiger partial charge >= 0.3 is 0 Å². The number of hydrogen-bond acceptors (Lipinski definition) is 5. The number of likely N-dealkylation sites (N-methyl/N-ethyl adjacent to an activating group) is 1. The van der Waals surface area contributed by atoms with Crippen LogP contribution in [0.5, 0.6) is 0 Å². The third-order valence-corrected chi connectivity index (χ3v) is 3.25. The van der Waals surface area contributed by atoms with E-state index in [2.05, 4.69) is 9.97 Å². The van der Waals surface area contributed by atoms with Crippen molar-refractivity contribution in [3.8, 4) is 0 Å². The monoisotopic (exact) mass is 284 g/mol.